The number of hydrogen-bond acceptors (Lipinski definition) is 3. The summed E-state index contributed by atoms with van der Waals surface area (Å²) >= 11 is 0. The number of likely N-dealkylation sites (tertiary alicyclic amines) is 1. The van der Waals surface area contributed by atoms with E-state index in [9.17, 15) is 9.90 Å². The molecule has 2 heterocycles. The predicted molar refractivity (Wildman–Crippen MR) is 72.9 cm³/mol. The minimum Gasteiger partial charge on any atom is -0.481 e. The highest BCUT2D eigenvalue weighted by molar-refractivity contribution is 5.75. The first-order chi connectivity index (χ1) is 8.95. The van der Waals surface area contributed by atoms with Crippen molar-refractivity contribution in [3.63, 3.8) is 0 Å². The molecular formula is C14H23N3O2. The summed E-state index contributed by atoms with van der Waals surface area (Å²) < 4.78 is 2.11. The molecule has 1 aromatic heterocycles. The SMILES string of the molecule is Cc1nccn1CCN1CCC(C(=O)O)(C(C)C)C1. The zero-order valence-corrected chi connectivity index (χ0v) is 12.0. The molecule has 19 heavy (non-hydrogen) atoms. The van der Waals surface area contributed by atoms with Crippen molar-refractivity contribution in [1.82, 2.24) is 14.5 Å². The summed E-state index contributed by atoms with van der Waals surface area (Å²) in [6, 6.07) is 0. The molecule has 0 spiro atoms. The van der Waals surface area contributed by atoms with E-state index in [1.165, 1.54) is 0 Å². The number of imidazole rings is 1. The molecule has 1 aliphatic rings. The average Bonchev–Trinajstić information content (AvgIpc) is 2.93. The van der Waals surface area contributed by atoms with Crippen molar-refractivity contribution in [2.75, 3.05) is 19.6 Å². The molecule has 0 radical (unpaired) electrons. The summed E-state index contributed by atoms with van der Waals surface area (Å²) in [5.41, 5.74) is -0.565. The van der Waals surface area contributed by atoms with Gasteiger partial charge in [0.1, 0.15) is 5.82 Å². The summed E-state index contributed by atoms with van der Waals surface area (Å²) in [4.78, 5) is 18.0. The number of aliphatic carboxylic acids is 1. The molecule has 1 fully saturated rings. The Balaban J connectivity index is 1.95. The van der Waals surface area contributed by atoms with E-state index in [0.29, 0.717) is 6.54 Å². The number of hydrogen-bond donors (Lipinski definition) is 1. The molecule has 0 bridgehead atoms. The van der Waals surface area contributed by atoms with Gasteiger partial charge in [-0.05, 0) is 25.8 Å². The highest BCUT2D eigenvalue weighted by Crippen LogP contribution is 2.37. The predicted octanol–water partition coefficient (Wildman–Crippen LogP) is 1.62. The van der Waals surface area contributed by atoms with Gasteiger partial charge in [0.15, 0.2) is 0 Å². The second-order valence-corrected chi connectivity index (χ2v) is 5.81. The quantitative estimate of drug-likeness (QED) is 0.879. The Morgan fingerprint density at radius 3 is 2.74 bits per heavy atom. The van der Waals surface area contributed by atoms with Gasteiger partial charge < -0.3 is 14.6 Å². The van der Waals surface area contributed by atoms with Gasteiger partial charge in [-0.2, -0.15) is 0 Å². The van der Waals surface area contributed by atoms with E-state index in [-0.39, 0.29) is 5.92 Å². The van der Waals surface area contributed by atoms with Crippen molar-refractivity contribution in [2.24, 2.45) is 11.3 Å². The van der Waals surface area contributed by atoms with Gasteiger partial charge in [-0.15, -0.1) is 0 Å². The standard InChI is InChI=1S/C14H23N3O2/c1-11(2)14(13(18)19)4-6-16(10-14)8-9-17-7-5-15-12(17)3/h5,7,11H,4,6,8-10H2,1-3H3,(H,18,19). The zero-order chi connectivity index (χ0) is 14.0. The molecule has 0 amide bonds. The summed E-state index contributed by atoms with van der Waals surface area (Å²) in [5, 5.41) is 9.51. The number of carboxylic acids is 1. The molecule has 0 aromatic carbocycles. The molecule has 5 nitrogen and oxygen atoms in total. The van der Waals surface area contributed by atoms with Gasteiger partial charge in [-0.1, -0.05) is 13.8 Å². The fourth-order valence-electron chi connectivity index (χ4n) is 2.89. The van der Waals surface area contributed by atoms with E-state index in [0.717, 1.165) is 31.9 Å². The van der Waals surface area contributed by atoms with Crippen molar-refractivity contribution in [2.45, 2.75) is 33.7 Å². The van der Waals surface area contributed by atoms with E-state index in [1.807, 2.05) is 27.0 Å². The Bertz CT molecular complexity index is 455. The fraction of sp³-hybridized carbons (Fsp3) is 0.714. The van der Waals surface area contributed by atoms with Gasteiger partial charge in [0.2, 0.25) is 0 Å². The van der Waals surface area contributed by atoms with Crippen LogP contribution in [0.15, 0.2) is 12.4 Å². The van der Waals surface area contributed by atoms with Gasteiger partial charge in [0.25, 0.3) is 0 Å². The third kappa shape index (κ3) is 2.66. The molecule has 0 saturated carbocycles. The van der Waals surface area contributed by atoms with Crippen LogP contribution in [0.1, 0.15) is 26.1 Å². The monoisotopic (exact) mass is 265 g/mol. The van der Waals surface area contributed by atoms with Gasteiger partial charge in [-0.3, -0.25) is 4.79 Å². The lowest BCUT2D eigenvalue weighted by atomic mass is 9.76. The van der Waals surface area contributed by atoms with Crippen LogP contribution < -0.4 is 0 Å². The Kier molecular flexibility index (Phi) is 3.94. The van der Waals surface area contributed by atoms with Gasteiger partial charge >= 0.3 is 5.97 Å². The maximum absolute atomic E-state index is 11.6. The van der Waals surface area contributed by atoms with Crippen LogP contribution in [-0.4, -0.2) is 45.2 Å². The Morgan fingerprint density at radius 2 is 2.26 bits per heavy atom. The first kappa shape index (κ1) is 14.1. The van der Waals surface area contributed by atoms with Crippen molar-refractivity contribution in [1.29, 1.82) is 0 Å². The van der Waals surface area contributed by atoms with Crippen molar-refractivity contribution >= 4 is 5.97 Å². The number of rotatable bonds is 5. The van der Waals surface area contributed by atoms with Crippen LogP contribution in [0.25, 0.3) is 0 Å². The molecule has 5 heteroatoms. The van der Waals surface area contributed by atoms with Crippen molar-refractivity contribution < 1.29 is 9.90 Å². The Labute approximate surface area is 114 Å². The van der Waals surface area contributed by atoms with E-state index >= 15 is 0 Å². The van der Waals surface area contributed by atoms with Crippen LogP contribution in [0.4, 0.5) is 0 Å². The molecule has 1 saturated heterocycles. The fourth-order valence-corrected chi connectivity index (χ4v) is 2.89. The highest BCUT2D eigenvalue weighted by atomic mass is 16.4. The van der Waals surface area contributed by atoms with Crippen LogP contribution in [0, 0.1) is 18.3 Å². The molecule has 106 valence electrons. The number of nitrogens with zero attached hydrogens (tertiary/aromatic N) is 3. The normalized spacial score (nSPS) is 24.2. The van der Waals surface area contributed by atoms with Crippen LogP contribution in [0.5, 0.6) is 0 Å². The smallest absolute Gasteiger partial charge is 0.311 e. The first-order valence-corrected chi connectivity index (χ1v) is 6.89. The molecule has 1 aromatic rings. The van der Waals surface area contributed by atoms with Crippen LogP contribution in [0.2, 0.25) is 0 Å². The first-order valence-electron chi connectivity index (χ1n) is 6.89. The maximum atomic E-state index is 11.6. The van der Waals surface area contributed by atoms with E-state index < -0.39 is 11.4 Å². The minimum atomic E-state index is -0.649. The van der Waals surface area contributed by atoms with Crippen LogP contribution >= 0.6 is 0 Å². The lowest BCUT2D eigenvalue weighted by molar-refractivity contribution is -0.151. The van der Waals surface area contributed by atoms with Crippen molar-refractivity contribution in [3.8, 4) is 0 Å². The zero-order valence-electron chi connectivity index (χ0n) is 12.0. The lowest BCUT2D eigenvalue weighted by Crippen LogP contribution is -2.39. The summed E-state index contributed by atoms with van der Waals surface area (Å²) in [5.74, 6) is 0.529. The van der Waals surface area contributed by atoms with E-state index in [2.05, 4.69) is 14.5 Å². The minimum absolute atomic E-state index is 0.171. The second kappa shape index (κ2) is 5.33. The Morgan fingerprint density at radius 1 is 1.53 bits per heavy atom. The van der Waals surface area contributed by atoms with E-state index in [1.54, 1.807) is 6.20 Å². The number of carbonyl (C=O) groups is 1. The molecule has 1 atom stereocenters. The number of aryl methyl sites for hydroxylation is 1. The topological polar surface area (TPSA) is 58.4 Å². The third-order valence-electron chi connectivity index (χ3n) is 4.49. The molecule has 2 rings (SSSR count). The summed E-state index contributed by atoms with van der Waals surface area (Å²) in [7, 11) is 0. The molecule has 1 N–H and O–H groups in total. The second-order valence-electron chi connectivity index (χ2n) is 5.81. The third-order valence-corrected chi connectivity index (χ3v) is 4.49. The van der Waals surface area contributed by atoms with Gasteiger partial charge in [0, 0.05) is 32.0 Å². The summed E-state index contributed by atoms with van der Waals surface area (Å²) in [6.45, 7) is 9.31. The van der Waals surface area contributed by atoms with Gasteiger partial charge in [-0.25, -0.2) is 4.98 Å². The highest BCUT2D eigenvalue weighted by Gasteiger charge is 2.46. The number of aromatic nitrogens is 2. The summed E-state index contributed by atoms with van der Waals surface area (Å²) in [6.07, 6.45) is 4.52. The Hall–Kier alpha value is -1.36. The lowest BCUT2D eigenvalue weighted by Gasteiger charge is -2.28. The molecule has 1 unspecified atom stereocenters. The van der Waals surface area contributed by atoms with Crippen LogP contribution in [0.3, 0.4) is 0 Å². The van der Waals surface area contributed by atoms with E-state index in [4.69, 9.17) is 0 Å². The molecule has 1 aliphatic heterocycles. The van der Waals surface area contributed by atoms with Crippen LogP contribution in [-0.2, 0) is 11.3 Å². The number of carboxylic acid groups (broad SMARTS) is 1. The molecule has 0 aliphatic carbocycles. The maximum Gasteiger partial charge on any atom is 0.311 e. The van der Waals surface area contributed by atoms with Gasteiger partial charge in [0.05, 0.1) is 5.41 Å². The molecular weight excluding hydrogens is 242 g/mol. The largest absolute Gasteiger partial charge is 0.481 e. The average molecular weight is 265 g/mol. The van der Waals surface area contributed by atoms with Crippen molar-refractivity contribution in [3.05, 3.63) is 18.2 Å².